The molecule has 40 valence electrons. The molecule has 0 bridgehead atoms. The van der Waals surface area contributed by atoms with Crippen LogP contribution in [0.1, 0.15) is 6.92 Å². The zero-order valence-electron chi connectivity index (χ0n) is 4.09. The highest BCUT2D eigenvalue weighted by Crippen LogP contribution is 2.00. The van der Waals surface area contributed by atoms with Gasteiger partial charge in [0, 0.05) is 5.75 Å². The molecule has 0 fully saturated rings. The molecule has 0 aromatic carbocycles. The van der Waals surface area contributed by atoms with E-state index in [1.54, 1.807) is 6.92 Å². The quantitative estimate of drug-likeness (QED) is 0.555. The number of hydrogen-bond donors (Lipinski definition) is 1. The lowest BCUT2D eigenvalue weighted by Crippen LogP contribution is -1.91. The van der Waals surface area contributed by atoms with E-state index < -0.39 is 0 Å². The highest BCUT2D eigenvalue weighted by Gasteiger charge is 1.94. The Morgan fingerprint density at radius 2 is 2.57 bits per heavy atom. The summed E-state index contributed by atoms with van der Waals surface area (Å²) in [6, 6.07) is 1.98. The van der Waals surface area contributed by atoms with Gasteiger partial charge in [-0.1, -0.05) is 0 Å². The summed E-state index contributed by atoms with van der Waals surface area (Å²) in [6.07, 6.45) is 0. The van der Waals surface area contributed by atoms with Gasteiger partial charge in [-0.3, -0.25) is 0 Å². The summed E-state index contributed by atoms with van der Waals surface area (Å²) in [5.41, 5.74) is 0. The topological polar surface area (TPSA) is 44.0 Å². The van der Waals surface area contributed by atoms with E-state index >= 15 is 0 Å². The van der Waals surface area contributed by atoms with Crippen molar-refractivity contribution in [2.24, 2.45) is 5.92 Å². The maximum absolute atomic E-state index is 8.13. The van der Waals surface area contributed by atoms with Gasteiger partial charge in [0.15, 0.2) is 0 Å². The van der Waals surface area contributed by atoms with Crippen molar-refractivity contribution in [2.45, 2.75) is 6.92 Å². The second-order valence-corrected chi connectivity index (χ2v) is 1.92. The summed E-state index contributed by atoms with van der Waals surface area (Å²) in [5.74, 6) is 0.478. The summed E-state index contributed by atoms with van der Waals surface area (Å²) in [5, 5.41) is 8.09. The molecular formula is C4H7NOS. The minimum absolute atomic E-state index is 0.0324. The van der Waals surface area contributed by atoms with E-state index in [9.17, 15) is 0 Å². The van der Waals surface area contributed by atoms with E-state index in [0.717, 1.165) is 0 Å². The Balaban J connectivity index is 3.04. The van der Waals surface area contributed by atoms with Gasteiger partial charge < -0.3 is 4.55 Å². The van der Waals surface area contributed by atoms with E-state index in [4.69, 9.17) is 9.81 Å². The van der Waals surface area contributed by atoms with Gasteiger partial charge in [-0.2, -0.15) is 5.26 Å². The molecule has 0 aliphatic rings. The van der Waals surface area contributed by atoms with E-state index in [1.807, 2.05) is 6.07 Å². The average Bonchev–Trinajstić information content (AvgIpc) is 1.68. The van der Waals surface area contributed by atoms with Gasteiger partial charge in [0.1, 0.15) is 0 Å². The van der Waals surface area contributed by atoms with Gasteiger partial charge in [-0.05, 0) is 19.0 Å². The highest BCUT2D eigenvalue weighted by atomic mass is 32.2. The SMILES string of the molecule is CC(C#N)CSO. The van der Waals surface area contributed by atoms with Crippen molar-refractivity contribution in [1.29, 1.82) is 5.26 Å². The van der Waals surface area contributed by atoms with Crippen molar-refractivity contribution < 1.29 is 4.55 Å². The zero-order valence-corrected chi connectivity index (χ0v) is 4.90. The minimum atomic E-state index is -0.0324. The van der Waals surface area contributed by atoms with Crippen LogP contribution in [-0.4, -0.2) is 10.3 Å². The van der Waals surface area contributed by atoms with Crippen LogP contribution in [0.5, 0.6) is 0 Å². The third-order valence-electron chi connectivity index (χ3n) is 0.545. The summed E-state index contributed by atoms with van der Waals surface area (Å²) < 4.78 is 8.13. The lowest BCUT2D eigenvalue weighted by Gasteiger charge is -1.91. The maximum Gasteiger partial charge on any atom is 0.0662 e. The predicted molar refractivity (Wildman–Crippen MR) is 29.9 cm³/mol. The molecular weight excluding hydrogens is 110 g/mol. The molecule has 0 aliphatic heterocycles. The molecule has 0 heterocycles. The highest BCUT2D eigenvalue weighted by molar-refractivity contribution is 7.93. The summed E-state index contributed by atoms with van der Waals surface area (Å²) in [6.45, 7) is 1.77. The first-order valence-corrected chi connectivity index (χ1v) is 2.91. The van der Waals surface area contributed by atoms with Crippen molar-refractivity contribution in [3.05, 3.63) is 0 Å². The first kappa shape index (κ1) is 6.80. The molecule has 0 saturated carbocycles. The Morgan fingerprint density at radius 1 is 2.00 bits per heavy atom. The molecule has 3 heteroatoms. The fourth-order valence-corrected chi connectivity index (χ4v) is 0.447. The molecule has 1 atom stereocenters. The van der Waals surface area contributed by atoms with Crippen LogP contribution in [0.2, 0.25) is 0 Å². The van der Waals surface area contributed by atoms with Crippen LogP contribution in [0.3, 0.4) is 0 Å². The third kappa shape index (κ3) is 3.64. The predicted octanol–water partition coefficient (Wildman–Crippen LogP) is 1.35. The Bertz CT molecular complexity index is 78.2. The molecule has 1 N–H and O–H groups in total. The van der Waals surface area contributed by atoms with E-state index in [1.165, 1.54) is 0 Å². The number of hydrogen-bond acceptors (Lipinski definition) is 3. The first-order chi connectivity index (χ1) is 3.31. The third-order valence-corrected chi connectivity index (χ3v) is 1.19. The number of rotatable bonds is 2. The smallest absolute Gasteiger partial charge is 0.0662 e. The lowest BCUT2D eigenvalue weighted by atomic mass is 10.3. The molecule has 0 aromatic heterocycles. The van der Waals surface area contributed by atoms with Crippen LogP contribution in [0.15, 0.2) is 0 Å². The maximum atomic E-state index is 8.13. The van der Waals surface area contributed by atoms with Crippen LogP contribution in [-0.2, 0) is 0 Å². The summed E-state index contributed by atoms with van der Waals surface area (Å²) in [7, 11) is 0. The van der Waals surface area contributed by atoms with Crippen LogP contribution < -0.4 is 0 Å². The summed E-state index contributed by atoms with van der Waals surface area (Å²) >= 11 is 0.712. The molecule has 0 amide bonds. The Morgan fingerprint density at radius 3 is 2.71 bits per heavy atom. The molecule has 0 rings (SSSR count). The first-order valence-electron chi connectivity index (χ1n) is 1.97. The number of nitrogens with zero attached hydrogens (tertiary/aromatic N) is 1. The van der Waals surface area contributed by atoms with E-state index in [0.29, 0.717) is 17.8 Å². The Labute approximate surface area is 47.4 Å². The van der Waals surface area contributed by atoms with Crippen LogP contribution in [0.4, 0.5) is 0 Å². The van der Waals surface area contributed by atoms with Crippen LogP contribution in [0.25, 0.3) is 0 Å². The van der Waals surface area contributed by atoms with Crippen molar-refractivity contribution >= 4 is 12.0 Å². The van der Waals surface area contributed by atoms with Gasteiger partial charge in [0.25, 0.3) is 0 Å². The molecule has 0 radical (unpaired) electrons. The van der Waals surface area contributed by atoms with E-state index in [-0.39, 0.29) is 5.92 Å². The average molecular weight is 117 g/mol. The van der Waals surface area contributed by atoms with Crippen LogP contribution in [0, 0.1) is 17.2 Å². The van der Waals surface area contributed by atoms with Gasteiger partial charge in [-0.15, -0.1) is 0 Å². The zero-order chi connectivity index (χ0) is 5.70. The second kappa shape index (κ2) is 3.97. The molecule has 0 saturated heterocycles. The van der Waals surface area contributed by atoms with Gasteiger partial charge in [-0.25, -0.2) is 0 Å². The van der Waals surface area contributed by atoms with Gasteiger partial charge in [0.05, 0.1) is 12.0 Å². The lowest BCUT2D eigenvalue weighted by molar-refractivity contribution is 0.655. The van der Waals surface area contributed by atoms with Crippen LogP contribution >= 0.6 is 12.0 Å². The van der Waals surface area contributed by atoms with Gasteiger partial charge in [0.2, 0.25) is 0 Å². The molecule has 2 nitrogen and oxygen atoms in total. The largest absolute Gasteiger partial charge is 0.330 e. The monoisotopic (exact) mass is 117 g/mol. The van der Waals surface area contributed by atoms with Crippen molar-refractivity contribution in [1.82, 2.24) is 0 Å². The van der Waals surface area contributed by atoms with Crippen molar-refractivity contribution in [2.75, 3.05) is 5.75 Å². The molecule has 0 spiro atoms. The van der Waals surface area contributed by atoms with Crippen molar-refractivity contribution in [3.8, 4) is 6.07 Å². The normalized spacial score (nSPS) is 12.7. The summed E-state index contributed by atoms with van der Waals surface area (Å²) in [4.78, 5) is 0. The van der Waals surface area contributed by atoms with Gasteiger partial charge >= 0.3 is 0 Å². The molecule has 0 aromatic rings. The Hall–Kier alpha value is -0.200. The Kier molecular flexibility index (Phi) is 3.86. The standard InChI is InChI=1S/C4H7NOS/c1-4(2-5)3-7-6/h4,6H,3H2,1H3. The number of nitriles is 1. The van der Waals surface area contributed by atoms with Crippen molar-refractivity contribution in [3.63, 3.8) is 0 Å². The fourth-order valence-electron chi connectivity index (χ4n) is 0.149. The fraction of sp³-hybridized carbons (Fsp3) is 0.750. The second-order valence-electron chi connectivity index (χ2n) is 1.33. The minimum Gasteiger partial charge on any atom is -0.330 e. The molecule has 1 unspecified atom stereocenters. The molecule has 7 heavy (non-hydrogen) atoms. The van der Waals surface area contributed by atoms with E-state index in [2.05, 4.69) is 0 Å². The molecule has 0 aliphatic carbocycles.